The fourth-order valence-electron chi connectivity index (χ4n) is 1.21. The Kier molecular flexibility index (Phi) is 5.75. The summed E-state index contributed by atoms with van der Waals surface area (Å²) in [6.07, 6.45) is 2.21. The summed E-state index contributed by atoms with van der Waals surface area (Å²) in [7, 11) is 0. The van der Waals surface area contributed by atoms with E-state index in [1.807, 2.05) is 30.3 Å². The largest absolute Gasteiger partial charge is 0.453 e. The van der Waals surface area contributed by atoms with Crippen LogP contribution in [-0.4, -0.2) is 18.7 Å². The van der Waals surface area contributed by atoms with Gasteiger partial charge in [0.25, 0.3) is 0 Å². The molecule has 0 aliphatic heterocycles. The van der Waals surface area contributed by atoms with Crippen molar-refractivity contribution in [3.8, 4) is 0 Å². The van der Waals surface area contributed by atoms with Gasteiger partial charge in [0.15, 0.2) is 0 Å². The lowest BCUT2D eigenvalue weighted by Gasteiger charge is -2.13. The minimum absolute atomic E-state index is 0.290. The Morgan fingerprint density at radius 3 is 2.59 bits per heavy atom. The number of hydrogen-bond acceptors (Lipinski definition) is 3. The van der Waals surface area contributed by atoms with Gasteiger partial charge in [-0.15, -0.1) is 0 Å². The molecule has 17 heavy (non-hydrogen) atoms. The summed E-state index contributed by atoms with van der Waals surface area (Å²) < 4.78 is 10.4. The zero-order valence-corrected chi connectivity index (χ0v) is 9.67. The first-order valence-electron chi connectivity index (χ1n) is 5.33. The number of esters is 1. The first-order valence-corrected chi connectivity index (χ1v) is 5.33. The van der Waals surface area contributed by atoms with Crippen molar-refractivity contribution in [3.63, 3.8) is 0 Å². The van der Waals surface area contributed by atoms with E-state index in [0.717, 1.165) is 11.6 Å². The van der Waals surface area contributed by atoms with E-state index >= 15 is 0 Å². The summed E-state index contributed by atoms with van der Waals surface area (Å²) in [5.41, 5.74) is 1.07. The molecule has 0 saturated carbocycles. The highest BCUT2D eigenvalue weighted by Gasteiger charge is 2.08. The quantitative estimate of drug-likeness (QED) is 0.411. The van der Waals surface area contributed by atoms with Crippen LogP contribution in [0, 0.1) is 0 Å². The number of carbonyl (C=O) groups excluding carboxylic acids is 1. The van der Waals surface area contributed by atoms with E-state index in [4.69, 9.17) is 9.47 Å². The van der Waals surface area contributed by atoms with Gasteiger partial charge in [-0.2, -0.15) is 0 Å². The molecule has 0 bridgehead atoms. The van der Waals surface area contributed by atoms with Gasteiger partial charge >= 0.3 is 5.97 Å². The zero-order valence-electron chi connectivity index (χ0n) is 9.67. The molecule has 0 N–H and O–H groups in total. The third kappa shape index (κ3) is 5.13. The predicted octanol–water partition coefficient (Wildman–Crippen LogP) is 2.49. The molecule has 0 spiro atoms. The van der Waals surface area contributed by atoms with E-state index in [-0.39, 0.29) is 6.61 Å². The van der Waals surface area contributed by atoms with Crippen molar-refractivity contribution in [1.29, 1.82) is 0 Å². The third-order valence-electron chi connectivity index (χ3n) is 2.09. The fourth-order valence-corrected chi connectivity index (χ4v) is 1.21. The first-order chi connectivity index (χ1) is 8.26. The topological polar surface area (TPSA) is 35.5 Å². The molecule has 90 valence electrons. The maximum absolute atomic E-state index is 11.0. The number of ether oxygens (including phenoxy) is 2. The van der Waals surface area contributed by atoms with Gasteiger partial charge in [-0.1, -0.05) is 43.5 Å². The van der Waals surface area contributed by atoms with Crippen molar-refractivity contribution < 1.29 is 14.3 Å². The molecule has 0 heterocycles. The summed E-state index contributed by atoms with van der Waals surface area (Å²) in [4.78, 5) is 11.0. The molecule has 0 amide bonds. The molecule has 1 aromatic carbocycles. The van der Waals surface area contributed by atoms with Crippen molar-refractivity contribution in [2.45, 2.75) is 12.7 Å². The van der Waals surface area contributed by atoms with E-state index in [1.54, 1.807) is 0 Å². The Labute approximate surface area is 101 Å². The van der Waals surface area contributed by atoms with Crippen LogP contribution in [-0.2, 0) is 20.9 Å². The molecule has 0 radical (unpaired) electrons. The van der Waals surface area contributed by atoms with Crippen molar-refractivity contribution in [2.24, 2.45) is 0 Å². The predicted molar refractivity (Wildman–Crippen MR) is 66.4 cm³/mol. The SMILES string of the molecule is C=CC(=O)OC(C=C)COCc1ccccc1. The minimum atomic E-state index is -0.474. The van der Waals surface area contributed by atoms with Crippen LogP contribution < -0.4 is 0 Å². The van der Waals surface area contributed by atoms with Gasteiger partial charge in [0.1, 0.15) is 6.10 Å². The van der Waals surface area contributed by atoms with Gasteiger partial charge in [-0.3, -0.25) is 0 Å². The Morgan fingerprint density at radius 1 is 1.29 bits per heavy atom. The Balaban J connectivity index is 2.31. The fraction of sp³-hybridized carbons (Fsp3) is 0.214. The number of carbonyl (C=O) groups is 1. The molecular weight excluding hydrogens is 216 g/mol. The molecule has 0 saturated heterocycles. The van der Waals surface area contributed by atoms with Crippen LogP contribution in [0.3, 0.4) is 0 Å². The minimum Gasteiger partial charge on any atom is -0.453 e. The second-order valence-corrected chi connectivity index (χ2v) is 3.42. The summed E-state index contributed by atoms with van der Waals surface area (Å²) in [6, 6.07) is 9.78. The Bertz CT molecular complexity index is 370. The summed E-state index contributed by atoms with van der Waals surface area (Å²) in [5, 5.41) is 0. The van der Waals surface area contributed by atoms with Crippen LogP contribution in [0.5, 0.6) is 0 Å². The number of benzene rings is 1. The van der Waals surface area contributed by atoms with Gasteiger partial charge in [-0.05, 0) is 11.6 Å². The van der Waals surface area contributed by atoms with Crippen LogP contribution >= 0.6 is 0 Å². The monoisotopic (exact) mass is 232 g/mol. The molecule has 1 unspecified atom stereocenters. The lowest BCUT2D eigenvalue weighted by Crippen LogP contribution is -2.20. The molecule has 1 atom stereocenters. The van der Waals surface area contributed by atoms with E-state index in [1.165, 1.54) is 6.08 Å². The van der Waals surface area contributed by atoms with Crippen LogP contribution in [0.1, 0.15) is 5.56 Å². The van der Waals surface area contributed by atoms with Crippen LogP contribution in [0.2, 0.25) is 0 Å². The smallest absolute Gasteiger partial charge is 0.330 e. The van der Waals surface area contributed by atoms with Gasteiger partial charge in [0.2, 0.25) is 0 Å². The second kappa shape index (κ2) is 7.41. The second-order valence-electron chi connectivity index (χ2n) is 3.42. The van der Waals surface area contributed by atoms with Crippen molar-refractivity contribution >= 4 is 5.97 Å². The molecule has 3 nitrogen and oxygen atoms in total. The van der Waals surface area contributed by atoms with E-state index in [2.05, 4.69) is 13.2 Å². The lowest BCUT2D eigenvalue weighted by atomic mass is 10.2. The summed E-state index contributed by atoms with van der Waals surface area (Å²) >= 11 is 0. The normalized spacial score (nSPS) is 11.5. The zero-order chi connectivity index (χ0) is 12.5. The molecule has 0 aromatic heterocycles. The van der Waals surface area contributed by atoms with Crippen molar-refractivity contribution in [3.05, 3.63) is 61.2 Å². The molecule has 0 aliphatic rings. The average Bonchev–Trinajstić information content (AvgIpc) is 2.38. The van der Waals surface area contributed by atoms with Crippen LogP contribution in [0.4, 0.5) is 0 Å². The molecule has 1 rings (SSSR count). The highest BCUT2D eigenvalue weighted by Crippen LogP contribution is 2.03. The molecular formula is C14H16O3. The highest BCUT2D eigenvalue weighted by molar-refractivity contribution is 5.81. The number of hydrogen-bond donors (Lipinski definition) is 0. The van der Waals surface area contributed by atoms with Gasteiger partial charge in [0, 0.05) is 6.08 Å². The first kappa shape index (κ1) is 13.2. The summed E-state index contributed by atoms with van der Waals surface area (Å²) in [6.45, 7) is 7.68. The van der Waals surface area contributed by atoms with Crippen LogP contribution in [0.25, 0.3) is 0 Å². The average molecular weight is 232 g/mol. The molecule has 1 aromatic rings. The van der Waals surface area contributed by atoms with Crippen LogP contribution in [0.15, 0.2) is 55.6 Å². The molecule has 0 aliphatic carbocycles. The van der Waals surface area contributed by atoms with Crippen molar-refractivity contribution in [2.75, 3.05) is 6.61 Å². The highest BCUT2D eigenvalue weighted by atomic mass is 16.6. The van der Waals surface area contributed by atoms with Gasteiger partial charge in [-0.25, -0.2) is 4.79 Å². The maximum Gasteiger partial charge on any atom is 0.330 e. The third-order valence-corrected chi connectivity index (χ3v) is 2.09. The van der Waals surface area contributed by atoms with E-state index in [9.17, 15) is 4.79 Å². The van der Waals surface area contributed by atoms with Gasteiger partial charge in [0.05, 0.1) is 13.2 Å². The Hall–Kier alpha value is -1.87. The lowest BCUT2D eigenvalue weighted by molar-refractivity contribution is -0.143. The maximum atomic E-state index is 11.0. The summed E-state index contributed by atoms with van der Waals surface area (Å²) in [5.74, 6) is -0.474. The van der Waals surface area contributed by atoms with Gasteiger partial charge < -0.3 is 9.47 Å². The standard InChI is InChI=1S/C14H16O3/c1-3-13(17-14(15)4-2)11-16-10-12-8-6-5-7-9-12/h3-9,13H,1-2,10-11H2. The molecule has 0 fully saturated rings. The van der Waals surface area contributed by atoms with E-state index in [0.29, 0.717) is 6.61 Å². The van der Waals surface area contributed by atoms with Crippen molar-refractivity contribution in [1.82, 2.24) is 0 Å². The van der Waals surface area contributed by atoms with E-state index < -0.39 is 12.1 Å². The Morgan fingerprint density at radius 2 is 2.00 bits per heavy atom. The molecule has 3 heteroatoms. The number of rotatable bonds is 7.